The van der Waals surface area contributed by atoms with Gasteiger partial charge in [0.2, 0.25) is 0 Å². The van der Waals surface area contributed by atoms with Crippen molar-refractivity contribution in [3.8, 4) is 17.4 Å². The molecule has 4 aromatic rings. The zero-order chi connectivity index (χ0) is 19.7. The number of nitrogens with zero attached hydrogens (tertiary/aromatic N) is 3. The van der Waals surface area contributed by atoms with E-state index in [1.807, 2.05) is 6.07 Å². The summed E-state index contributed by atoms with van der Waals surface area (Å²) in [4.78, 5) is 17.9. The molecular formula is C20H11FN4O3. The molecule has 0 atom stereocenters. The van der Waals surface area contributed by atoms with E-state index in [0.29, 0.717) is 28.1 Å². The highest BCUT2D eigenvalue weighted by Gasteiger charge is 2.17. The molecule has 0 fully saturated rings. The van der Waals surface area contributed by atoms with E-state index in [4.69, 9.17) is 4.42 Å². The maximum atomic E-state index is 13.3. The van der Waals surface area contributed by atoms with Crippen molar-refractivity contribution in [1.82, 2.24) is 9.97 Å². The molecule has 0 radical (unpaired) electrons. The van der Waals surface area contributed by atoms with Crippen LogP contribution in [0.3, 0.4) is 0 Å². The van der Waals surface area contributed by atoms with Gasteiger partial charge in [-0.25, -0.2) is 9.37 Å². The number of rotatable bonds is 4. The van der Waals surface area contributed by atoms with Crippen LogP contribution in [0.25, 0.3) is 34.0 Å². The molecule has 0 saturated heterocycles. The lowest BCUT2D eigenvalue weighted by atomic mass is 10.1. The number of nitro groups is 1. The van der Waals surface area contributed by atoms with E-state index >= 15 is 0 Å². The van der Waals surface area contributed by atoms with Gasteiger partial charge in [0, 0.05) is 12.1 Å². The number of nitro benzene ring substituents is 1. The maximum absolute atomic E-state index is 13.3. The van der Waals surface area contributed by atoms with Gasteiger partial charge in [-0.3, -0.25) is 10.1 Å². The number of benzene rings is 2. The Hall–Kier alpha value is -4.25. The van der Waals surface area contributed by atoms with E-state index in [9.17, 15) is 19.8 Å². The quantitative estimate of drug-likeness (QED) is 0.309. The molecule has 1 N–H and O–H groups in total. The molecule has 2 aromatic carbocycles. The van der Waals surface area contributed by atoms with Gasteiger partial charge in [0.25, 0.3) is 5.69 Å². The zero-order valence-corrected chi connectivity index (χ0v) is 14.2. The number of para-hydroxylation sites is 1. The number of imidazole rings is 1. The number of nitriles is 1. The van der Waals surface area contributed by atoms with Gasteiger partial charge in [-0.15, -0.1) is 0 Å². The Morgan fingerprint density at radius 2 is 2.07 bits per heavy atom. The summed E-state index contributed by atoms with van der Waals surface area (Å²) >= 11 is 0. The second-order valence-corrected chi connectivity index (χ2v) is 5.89. The number of furan rings is 1. The first-order chi connectivity index (χ1) is 13.5. The van der Waals surface area contributed by atoms with Crippen LogP contribution in [0.4, 0.5) is 10.1 Å². The average Bonchev–Trinajstić information content (AvgIpc) is 3.32. The Bertz CT molecular complexity index is 1280. The highest BCUT2D eigenvalue weighted by atomic mass is 19.1. The summed E-state index contributed by atoms with van der Waals surface area (Å²) in [5, 5.41) is 20.7. The molecule has 0 spiro atoms. The Morgan fingerprint density at radius 1 is 1.25 bits per heavy atom. The molecule has 2 heterocycles. The topological polar surface area (TPSA) is 109 Å². The Morgan fingerprint density at radius 3 is 2.86 bits per heavy atom. The highest BCUT2D eigenvalue weighted by Crippen LogP contribution is 2.31. The largest absolute Gasteiger partial charge is 0.456 e. The standard InChI is InChI=1S/C20H11FN4O3/c21-13-5-7-16-17(10-13)24-20(23-16)12(11-22)9-14-6-8-19(28-14)15-3-1-2-4-18(15)25(26)27/h1-10H,(H,23,24)/b12-9+. The number of H-pyrrole nitrogens is 1. The Labute approximate surface area is 157 Å². The molecule has 0 saturated carbocycles. The number of allylic oxidation sites excluding steroid dienone is 1. The van der Waals surface area contributed by atoms with Gasteiger partial charge >= 0.3 is 0 Å². The lowest BCUT2D eigenvalue weighted by Crippen LogP contribution is -1.90. The van der Waals surface area contributed by atoms with Gasteiger partial charge in [-0.1, -0.05) is 12.1 Å². The van der Waals surface area contributed by atoms with Crippen molar-refractivity contribution in [1.29, 1.82) is 5.26 Å². The summed E-state index contributed by atoms with van der Waals surface area (Å²) in [5.74, 6) is 0.496. The first kappa shape index (κ1) is 17.2. The number of nitrogens with one attached hydrogen (secondary N) is 1. The normalized spacial score (nSPS) is 11.5. The second-order valence-electron chi connectivity index (χ2n) is 5.89. The van der Waals surface area contributed by atoms with Crippen LogP contribution in [0.5, 0.6) is 0 Å². The van der Waals surface area contributed by atoms with Crippen molar-refractivity contribution in [2.24, 2.45) is 0 Å². The Kier molecular flexibility index (Phi) is 4.18. The van der Waals surface area contributed by atoms with Crippen molar-refractivity contribution < 1.29 is 13.7 Å². The van der Waals surface area contributed by atoms with Gasteiger partial charge in [0.15, 0.2) is 0 Å². The van der Waals surface area contributed by atoms with Crippen molar-refractivity contribution in [3.05, 3.63) is 82.1 Å². The first-order valence-corrected chi connectivity index (χ1v) is 8.16. The third-order valence-corrected chi connectivity index (χ3v) is 4.10. The monoisotopic (exact) mass is 374 g/mol. The number of aromatic amines is 1. The molecule has 0 bridgehead atoms. The summed E-state index contributed by atoms with van der Waals surface area (Å²) in [5.41, 5.74) is 1.44. The van der Waals surface area contributed by atoms with Gasteiger partial charge in [-0.05, 0) is 36.4 Å². The average molecular weight is 374 g/mol. The lowest BCUT2D eigenvalue weighted by molar-refractivity contribution is -0.384. The molecule has 0 unspecified atom stereocenters. The first-order valence-electron chi connectivity index (χ1n) is 8.16. The molecule has 0 aliphatic carbocycles. The van der Waals surface area contributed by atoms with Crippen molar-refractivity contribution >= 4 is 28.4 Å². The second kappa shape index (κ2) is 6.81. The highest BCUT2D eigenvalue weighted by molar-refractivity contribution is 5.89. The fourth-order valence-electron chi connectivity index (χ4n) is 2.82. The maximum Gasteiger partial charge on any atom is 0.280 e. The van der Waals surface area contributed by atoms with Gasteiger partial charge in [0.05, 0.1) is 27.1 Å². The van der Waals surface area contributed by atoms with E-state index in [-0.39, 0.29) is 17.1 Å². The molecular weight excluding hydrogens is 363 g/mol. The summed E-state index contributed by atoms with van der Waals surface area (Å²) in [6.45, 7) is 0. The molecule has 28 heavy (non-hydrogen) atoms. The number of hydrogen-bond acceptors (Lipinski definition) is 5. The molecule has 8 heteroatoms. The van der Waals surface area contributed by atoms with Crippen LogP contribution in [-0.2, 0) is 0 Å². The number of hydrogen-bond donors (Lipinski definition) is 1. The summed E-state index contributed by atoms with van der Waals surface area (Å²) in [7, 11) is 0. The van der Waals surface area contributed by atoms with Crippen molar-refractivity contribution in [2.45, 2.75) is 0 Å². The summed E-state index contributed by atoms with van der Waals surface area (Å²) < 4.78 is 19.0. The molecule has 2 aromatic heterocycles. The number of fused-ring (bicyclic) bond motifs is 1. The third kappa shape index (κ3) is 3.12. The predicted molar refractivity (Wildman–Crippen MR) is 100 cm³/mol. The van der Waals surface area contributed by atoms with Crippen molar-refractivity contribution in [3.63, 3.8) is 0 Å². The van der Waals surface area contributed by atoms with Crippen LogP contribution in [-0.4, -0.2) is 14.9 Å². The SMILES string of the molecule is N#C/C(=C\c1ccc(-c2ccccc2[N+](=O)[O-])o1)c1nc2ccc(F)cc2[nH]1. The van der Waals surface area contributed by atoms with Crippen LogP contribution in [0, 0.1) is 27.3 Å². The van der Waals surface area contributed by atoms with E-state index < -0.39 is 10.7 Å². The minimum absolute atomic E-state index is 0.0767. The van der Waals surface area contributed by atoms with Crippen LogP contribution in [0.15, 0.2) is 59.0 Å². The molecule has 0 amide bonds. The minimum atomic E-state index is -0.485. The van der Waals surface area contributed by atoms with E-state index in [2.05, 4.69) is 9.97 Å². The van der Waals surface area contributed by atoms with Crippen molar-refractivity contribution in [2.75, 3.05) is 0 Å². The smallest absolute Gasteiger partial charge is 0.280 e. The molecule has 0 aliphatic heterocycles. The van der Waals surface area contributed by atoms with Crippen LogP contribution in [0.1, 0.15) is 11.6 Å². The van der Waals surface area contributed by atoms with Crippen LogP contribution >= 0.6 is 0 Å². The Balaban J connectivity index is 1.72. The molecule has 136 valence electrons. The van der Waals surface area contributed by atoms with Gasteiger partial charge in [-0.2, -0.15) is 5.26 Å². The summed E-state index contributed by atoms with van der Waals surface area (Å²) in [6, 6.07) is 15.5. The van der Waals surface area contributed by atoms with Crippen LogP contribution in [0.2, 0.25) is 0 Å². The summed E-state index contributed by atoms with van der Waals surface area (Å²) in [6.07, 6.45) is 1.46. The minimum Gasteiger partial charge on any atom is -0.456 e. The lowest BCUT2D eigenvalue weighted by Gasteiger charge is -1.98. The van der Waals surface area contributed by atoms with E-state index in [1.54, 1.807) is 30.3 Å². The number of aromatic nitrogens is 2. The molecule has 4 rings (SSSR count). The van der Waals surface area contributed by atoms with E-state index in [1.165, 1.54) is 30.3 Å². The fraction of sp³-hybridized carbons (Fsp3) is 0. The molecule has 0 aliphatic rings. The third-order valence-electron chi connectivity index (χ3n) is 4.10. The zero-order valence-electron chi connectivity index (χ0n) is 14.2. The predicted octanol–water partition coefficient (Wildman–Crippen LogP) is 4.93. The van der Waals surface area contributed by atoms with Gasteiger partial charge in [0.1, 0.15) is 29.2 Å². The van der Waals surface area contributed by atoms with Crippen LogP contribution < -0.4 is 0 Å². The fourth-order valence-corrected chi connectivity index (χ4v) is 2.82. The van der Waals surface area contributed by atoms with E-state index in [0.717, 1.165) is 0 Å². The molecule has 7 nitrogen and oxygen atoms in total. The number of halogens is 1. The van der Waals surface area contributed by atoms with Gasteiger partial charge < -0.3 is 9.40 Å².